The van der Waals surface area contributed by atoms with Gasteiger partial charge in [0, 0.05) is 32.1 Å². The highest BCUT2D eigenvalue weighted by Crippen LogP contribution is 2.24. The molecule has 0 bridgehead atoms. The molecule has 2 N–H and O–H groups in total. The monoisotopic (exact) mass is 411 g/mol. The molecule has 2 aromatic carbocycles. The third-order valence-corrected chi connectivity index (χ3v) is 5.03. The average molecular weight is 412 g/mol. The first-order valence-electron chi connectivity index (χ1n) is 10.7. The molecule has 1 saturated heterocycles. The lowest BCUT2D eigenvalue weighted by atomic mass is 10.1. The Kier molecular flexibility index (Phi) is 8.39. The molecule has 1 aliphatic rings. The van der Waals surface area contributed by atoms with E-state index in [0.717, 1.165) is 49.0 Å². The van der Waals surface area contributed by atoms with Crippen LogP contribution >= 0.6 is 0 Å². The number of ether oxygens (including phenoxy) is 3. The number of nitrogens with one attached hydrogen (secondary N) is 2. The Bertz CT molecular complexity index is 832. The van der Waals surface area contributed by atoms with Crippen molar-refractivity contribution in [2.24, 2.45) is 4.99 Å². The summed E-state index contributed by atoms with van der Waals surface area (Å²) in [5.74, 6) is 2.63. The minimum absolute atomic E-state index is 0.133. The van der Waals surface area contributed by atoms with E-state index in [-0.39, 0.29) is 6.10 Å². The largest absolute Gasteiger partial charge is 0.494 e. The summed E-state index contributed by atoms with van der Waals surface area (Å²) in [6, 6.07) is 14.5. The summed E-state index contributed by atoms with van der Waals surface area (Å²) >= 11 is 0. The molecular formula is C24H33N3O3. The van der Waals surface area contributed by atoms with Crippen molar-refractivity contribution >= 4 is 5.96 Å². The van der Waals surface area contributed by atoms with E-state index in [1.165, 1.54) is 11.1 Å². The van der Waals surface area contributed by atoms with Gasteiger partial charge in [-0.3, -0.25) is 4.99 Å². The van der Waals surface area contributed by atoms with E-state index < -0.39 is 0 Å². The van der Waals surface area contributed by atoms with Crippen molar-refractivity contribution in [1.82, 2.24) is 10.6 Å². The van der Waals surface area contributed by atoms with Gasteiger partial charge in [0.1, 0.15) is 17.6 Å². The Balaban J connectivity index is 1.53. The highest BCUT2D eigenvalue weighted by atomic mass is 16.5. The second-order valence-corrected chi connectivity index (χ2v) is 7.36. The molecule has 0 spiro atoms. The van der Waals surface area contributed by atoms with Gasteiger partial charge in [0.2, 0.25) is 0 Å². The number of aliphatic imine (C=N–C) groups is 1. The molecule has 0 saturated carbocycles. The number of para-hydroxylation sites is 1. The Morgan fingerprint density at radius 2 is 2.00 bits per heavy atom. The van der Waals surface area contributed by atoms with Crippen LogP contribution in [-0.2, 0) is 17.7 Å². The van der Waals surface area contributed by atoms with Crippen LogP contribution in [0, 0.1) is 6.92 Å². The Morgan fingerprint density at radius 1 is 1.13 bits per heavy atom. The van der Waals surface area contributed by atoms with E-state index in [4.69, 9.17) is 14.2 Å². The SMILES string of the molecule is CCOc1ccccc1CCNC(=NC)NCc1ccc(C)cc1OC1CCOC1. The maximum absolute atomic E-state index is 6.19. The lowest BCUT2D eigenvalue weighted by molar-refractivity contribution is 0.140. The van der Waals surface area contributed by atoms with E-state index in [0.29, 0.717) is 19.8 Å². The molecule has 3 rings (SSSR count). The van der Waals surface area contributed by atoms with Gasteiger partial charge < -0.3 is 24.8 Å². The van der Waals surface area contributed by atoms with Gasteiger partial charge in [0.25, 0.3) is 0 Å². The smallest absolute Gasteiger partial charge is 0.191 e. The van der Waals surface area contributed by atoms with Gasteiger partial charge in [-0.25, -0.2) is 0 Å². The second-order valence-electron chi connectivity index (χ2n) is 7.36. The fourth-order valence-corrected chi connectivity index (χ4v) is 3.42. The van der Waals surface area contributed by atoms with Gasteiger partial charge in [-0.1, -0.05) is 30.3 Å². The molecular weight excluding hydrogens is 378 g/mol. The van der Waals surface area contributed by atoms with Crippen molar-refractivity contribution in [3.8, 4) is 11.5 Å². The van der Waals surface area contributed by atoms with Crippen LogP contribution in [-0.4, -0.2) is 45.5 Å². The number of rotatable bonds is 9. The number of aryl methyl sites for hydroxylation is 1. The van der Waals surface area contributed by atoms with Crippen molar-refractivity contribution in [3.63, 3.8) is 0 Å². The standard InChI is InChI=1S/C24H33N3O3/c1-4-29-22-8-6-5-7-19(22)11-13-26-24(25-3)27-16-20-10-9-18(2)15-23(20)30-21-12-14-28-17-21/h5-10,15,21H,4,11-14,16-17H2,1-3H3,(H2,25,26,27). The van der Waals surface area contributed by atoms with Crippen LogP contribution in [0.2, 0.25) is 0 Å². The third kappa shape index (κ3) is 6.39. The molecule has 0 radical (unpaired) electrons. The first-order chi connectivity index (χ1) is 14.7. The van der Waals surface area contributed by atoms with Crippen molar-refractivity contribution in [2.45, 2.75) is 39.3 Å². The maximum Gasteiger partial charge on any atom is 0.191 e. The van der Waals surface area contributed by atoms with Gasteiger partial charge in [-0.15, -0.1) is 0 Å². The third-order valence-electron chi connectivity index (χ3n) is 5.03. The molecule has 0 aliphatic carbocycles. The quantitative estimate of drug-likeness (QED) is 0.489. The van der Waals surface area contributed by atoms with Gasteiger partial charge in [-0.05, 0) is 43.5 Å². The van der Waals surface area contributed by atoms with Crippen LogP contribution in [0.5, 0.6) is 11.5 Å². The zero-order chi connectivity index (χ0) is 21.2. The molecule has 0 aromatic heterocycles. The lowest BCUT2D eigenvalue weighted by Crippen LogP contribution is -2.38. The molecule has 0 amide bonds. The molecule has 6 heteroatoms. The van der Waals surface area contributed by atoms with Crippen molar-refractivity contribution in [1.29, 1.82) is 0 Å². The average Bonchev–Trinajstić information content (AvgIpc) is 3.26. The van der Waals surface area contributed by atoms with E-state index >= 15 is 0 Å². The van der Waals surface area contributed by atoms with Crippen LogP contribution in [0.4, 0.5) is 0 Å². The Morgan fingerprint density at radius 3 is 2.77 bits per heavy atom. The molecule has 1 fully saturated rings. The number of nitrogens with zero attached hydrogens (tertiary/aromatic N) is 1. The molecule has 1 unspecified atom stereocenters. The predicted octanol–water partition coefficient (Wildman–Crippen LogP) is 3.47. The lowest BCUT2D eigenvalue weighted by Gasteiger charge is -2.18. The number of benzene rings is 2. The molecule has 1 aliphatic heterocycles. The fraction of sp³-hybridized carbons (Fsp3) is 0.458. The molecule has 162 valence electrons. The summed E-state index contributed by atoms with van der Waals surface area (Å²) in [6.45, 7) is 7.58. The minimum atomic E-state index is 0.133. The van der Waals surface area contributed by atoms with Crippen molar-refractivity contribution in [2.75, 3.05) is 33.4 Å². The summed E-state index contributed by atoms with van der Waals surface area (Å²) in [4.78, 5) is 4.35. The number of hydrogen-bond acceptors (Lipinski definition) is 4. The molecule has 2 aromatic rings. The van der Waals surface area contributed by atoms with E-state index in [2.05, 4.69) is 46.8 Å². The maximum atomic E-state index is 6.19. The summed E-state index contributed by atoms with van der Waals surface area (Å²) in [7, 11) is 1.78. The van der Waals surface area contributed by atoms with Gasteiger partial charge in [0.15, 0.2) is 5.96 Å². The van der Waals surface area contributed by atoms with E-state index in [9.17, 15) is 0 Å². The highest BCUT2D eigenvalue weighted by Gasteiger charge is 2.18. The van der Waals surface area contributed by atoms with E-state index in [1.807, 2.05) is 25.1 Å². The summed E-state index contributed by atoms with van der Waals surface area (Å²) < 4.78 is 17.3. The van der Waals surface area contributed by atoms with Crippen molar-refractivity contribution < 1.29 is 14.2 Å². The minimum Gasteiger partial charge on any atom is -0.494 e. The Labute approximate surface area is 179 Å². The van der Waals surface area contributed by atoms with Crippen LogP contribution < -0.4 is 20.1 Å². The summed E-state index contributed by atoms with van der Waals surface area (Å²) in [5, 5.41) is 6.78. The molecule has 1 atom stereocenters. The normalized spacial score (nSPS) is 16.4. The second kappa shape index (κ2) is 11.5. The number of guanidine groups is 1. The van der Waals surface area contributed by atoms with Gasteiger partial charge >= 0.3 is 0 Å². The zero-order valence-corrected chi connectivity index (χ0v) is 18.2. The molecule has 30 heavy (non-hydrogen) atoms. The van der Waals surface area contributed by atoms with Gasteiger partial charge in [-0.2, -0.15) is 0 Å². The highest BCUT2D eigenvalue weighted by molar-refractivity contribution is 5.79. The van der Waals surface area contributed by atoms with Crippen LogP contribution in [0.1, 0.15) is 30.0 Å². The fourth-order valence-electron chi connectivity index (χ4n) is 3.42. The predicted molar refractivity (Wildman–Crippen MR) is 121 cm³/mol. The molecule has 1 heterocycles. The number of hydrogen-bond donors (Lipinski definition) is 2. The van der Waals surface area contributed by atoms with Crippen LogP contribution in [0.15, 0.2) is 47.5 Å². The van der Waals surface area contributed by atoms with Crippen LogP contribution in [0.3, 0.4) is 0 Å². The van der Waals surface area contributed by atoms with Gasteiger partial charge in [0.05, 0.1) is 19.8 Å². The topological polar surface area (TPSA) is 64.1 Å². The van der Waals surface area contributed by atoms with Crippen molar-refractivity contribution in [3.05, 3.63) is 59.2 Å². The first-order valence-corrected chi connectivity index (χ1v) is 10.7. The first kappa shape index (κ1) is 22.0. The summed E-state index contributed by atoms with van der Waals surface area (Å²) in [5.41, 5.74) is 3.48. The zero-order valence-electron chi connectivity index (χ0n) is 18.2. The summed E-state index contributed by atoms with van der Waals surface area (Å²) in [6.07, 6.45) is 1.93. The van der Waals surface area contributed by atoms with Crippen LogP contribution in [0.25, 0.3) is 0 Å². The molecule has 6 nitrogen and oxygen atoms in total. The van der Waals surface area contributed by atoms with E-state index in [1.54, 1.807) is 7.05 Å². The Hall–Kier alpha value is -2.73.